The fourth-order valence-corrected chi connectivity index (χ4v) is 2.48. The summed E-state index contributed by atoms with van der Waals surface area (Å²) in [6, 6.07) is 0. The predicted octanol–water partition coefficient (Wildman–Crippen LogP) is 0.933. The van der Waals surface area contributed by atoms with Crippen LogP contribution in [0.4, 0.5) is 5.82 Å². The van der Waals surface area contributed by atoms with E-state index in [9.17, 15) is 8.42 Å². The van der Waals surface area contributed by atoms with Gasteiger partial charge in [-0.3, -0.25) is 0 Å². The lowest BCUT2D eigenvalue weighted by molar-refractivity contribution is 0.600. The van der Waals surface area contributed by atoms with Crippen LogP contribution in [0.15, 0.2) is 6.33 Å². The Morgan fingerprint density at radius 1 is 1.47 bits per heavy atom. The number of sulfone groups is 1. The van der Waals surface area contributed by atoms with Crippen LogP contribution in [0, 0.1) is 6.92 Å². The molecule has 0 radical (unpaired) electrons. The second-order valence-electron chi connectivity index (χ2n) is 4.26. The van der Waals surface area contributed by atoms with Crippen molar-refractivity contribution in [3.8, 4) is 0 Å². The molecule has 0 aliphatic carbocycles. The van der Waals surface area contributed by atoms with Crippen molar-refractivity contribution in [2.45, 2.75) is 13.3 Å². The van der Waals surface area contributed by atoms with Gasteiger partial charge in [-0.1, -0.05) is 11.6 Å². The summed E-state index contributed by atoms with van der Waals surface area (Å²) in [5, 5.41) is 7.53. The zero-order chi connectivity index (χ0) is 14.0. The van der Waals surface area contributed by atoms with Gasteiger partial charge in [-0.25, -0.2) is 8.42 Å². The van der Waals surface area contributed by atoms with Crippen LogP contribution in [0.5, 0.6) is 0 Å². The molecule has 0 saturated carbocycles. The van der Waals surface area contributed by atoms with Crippen molar-refractivity contribution in [2.75, 3.05) is 23.9 Å². The number of fused-ring (bicyclic) bond motifs is 1. The number of nitrogens with one attached hydrogen (secondary N) is 1. The van der Waals surface area contributed by atoms with Gasteiger partial charge in [0.25, 0.3) is 5.78 Å². The molecule has 0 bridgehead atoms. The van der Waals surface area contributed by atoms with E-state index in [0.717, 1.165) is 5.56 Å². The Labute approximate surface area is 115 Å². The van der Waals surface area contributed by atoms with E-state index in [2.05, 4.69) is 20.4 Å². The fraction of sp³-hybridized carbons (Fsp3) is 0.500. The standard InChI is InChI=1S/C10H14ClN5O2S/c1-7-8(11)15-10-13-6-14-16(10)9(7)12-4-3-5-19(2,17)18/h6,12H,3-5H2,1-2H3. The normalized spacial score (nSPS) is 11.9. The quantitative estimate of drug-likeness (QED) is 0.653. The molecule has 2 aromatic rings. The lowest BCUT2D eigenvalue weighted by atomic mass is 10.3. The summed E-state index contributed by atoms with van der Waals surface area (Å²) in [5.74, 6) is 1.22. The molecule has 2 rings (SSSR count). The first-order valence-corrected chi connectivity index (χ1v) is 8.10. The minimum Gasteiger partial charge on any atom is -0.370 e. The Bertz CT molecular complexity index is 697. The van der Waals surface area contributed by atoms with Crippen molar-refractivity contribution in [1.29, 1.82) is 0 Å². The molecule has 104 valence electrons. The monoisotopic (exact) mass is 303 g/mol. The molecule has 19 heavy (non-hydrogen) atoms. The van der Waals surface area contributed by atoms with Crippen LogP contribution in [0.2, 0.25) is 5.15 Å². The molecule has 0 saturated heterocycles. The average Bonchev–Trinajstić information content (AvgIpc) is 2.74. The Hall–Kier alpha value is -1.41. The molecule has 7 nitrogen and oxygen atoms in total. The maximum absolute atomic E-state index is 11.0. The Morgan fingerprint density at radius 2 is 2.21 bits per heavy atom. The topological polar surface area (TPSA) is 89.2 Å². The Morgan fingerprint density at radius 3 is 2.89 bits per heavy atom. The van der Waals surface area contributed by atoms with Crippen molar-refractivity contribution in [1.82, 2.24) is 19.6 Å². The summed E-state index contributed by atoms with van der Waals surface area (Å²) >= 11 is 6.01. The molecule has 0 atom stereocenters. The van der Waals surface area contributed by atoms with Crippen molar-refractivity contribution in [2.24, 2.45) is 0 Å². The van der Waals surface area contributed by atoms with Crippen LogP contribution in [0.25, 0.3) is 5.78 Å². The summed E-state index contributed by atoms with van der Waals surface area (Å²) in [7, 11) is -2.94. The summed E-state index contributed by atoms with van der Waals surface area (Å²) in [5.41, 5.74) is 0.749. The van der Waals surface area contributed by atoms with Gasteiger partial charge in [0.1, 0.15) is 27.1 Å². The zero-order valence-electron chi connectivity index (χ0n) is 10.6. The molecule has 2 heterocycles. The van der Waals surface area contributed by atoms with Gasteiger partial charge >= 0.3 is 0 Å². The number of aromatic nitrogens is 4. The third-order valence-electron chi connectivity index (χ3n) is 2.59. The Balaban J connectivity index is 2.16. The first-order valence-electron chi connectivity index (χ1n) is 5.66. The molecule has 0 aliphatic rings. The van der Waals surface area contributed by atoms with Gasteiger partial charge in [0.05, 0.1) is 5.75 Å². The van der Waals surface area contributed by atoms with Crippen LogP contribution < -0.4 is 5.32 Å². The lowest BCUT2D eigenvalue weighted by Gasteiger charge is -2.11. The molecule has 1 N–H and O–H groups in total. The van der Waals surface area contributed by atoms with E-state index in [1.807, 2.05) is 6.92 Å². The molecule has 0 spiro atoms. The molecule has 9 heteroatoms. The van der Waals surface area contributed by atoms with Gasteiger partial charge in [-0.05, 0) is 13.3 Å². The second kappa shape index (κ2) is 5.30. The van der Waals surface area contributed by atoms with Gasteiger partial charge in [0.2, 0.25) is 0 Å². The summed E-state index contributed by atoms with van der Waals surface area (Å²) in [6.45, 7) is 2.32. The Kier molecular flexibility index (Phi) is 3.91. The number of rotatable bonds is 5. The van der Waals surface area contributed by atoms with E-state index in [1.54, 1.807) is 4.52 Å². The zero-order valence-corrected chi connectivity index (χ0v) is 12.2. The SMILES string of the molecule is Cc1c(Cl)nc2ncnn2c1NCCCS(C)(=O)=O. The largest absolute Gasteiger partial charge is 0.370 e. The molecule has 0 unspecified atom stereocenters. The maximum Gasteiger partial charge on any atom is 0.255 e. The lowest BCUT2D eigenvalue weighted by Crippen LogP contribution is -2.13. The summed E-state index contributed by atoms with van der Waals surface area (Å²) in [4.78, 5) is 8.05. The first kappa shape index (κ1) is 14.0. The number of nitrogens with zero attached hydrogens (tertiary/aromatic N) is 4. The number of halogens is 1. The smallest absolute Gasteiger partial charge is 0.255 e. The van der Waals surface area contributed by atoms with Crippen molar-refractivity contribution in [3.05, 3.63) is 17.0 Å². The van der Waals surface area contributed by atoms with Gasteiger partial charge in [0, 0.05) is 18.4 Å². The van der Waals surface area contributed by atoms with Gasteiger partial charge in [-0.2, -0.15) is 19.6 Å². The summed E-state index contributed by atoms with van der Waals surface area (Å²) in [6.07, 6.45) is 3.12. The molecule has 0 aliphatic heterocycles. The van der Waals surface area contributed by atoms with Gasteiger partial charge in [0.15, 0.2) is 0 Å². The van der Waals surface area contributed by atoms with Crippen molar-refractivity contribution >= 4 is 33.0 Å². The molecule has 2 aromatic heterocycles. The van der Waals surface area contributed by atoms with Crippen LogP contribution in [0.3, 0.4) is 0 Å². The van der Waals surface area contributed by atoms with E-state index in [4.69, 9.17) is 11.6 Å². The molecule has 0 amide bonds. The fourth-order valence-electron chi connectivity index (χ4n) is 1.65. The van der Waals surface area contributed by atoms with E-state index in [-0.39, 0.29) is 5.75 Å². The summed E-state index contributed by atoms with van der Waals surface area (Å²) < 4.78 is 23.6. The highest BCUT2D eigenvalue weighted by atomic mass is 35.5. The van der Waals surface area contributed by atoms with Crippen molar-refractivity contribution < 1.29 is 8.42 Å². The van der Waals surface area contributed by atoms with E-state index in [0.29, 0.717) is 29.7 Å². The molecular formula is C10H14ClN5O2S. The van der Waals surface area contributed by atoms with Crippen LogP contribution >= 0.6 is 11.6 Å². The van der Waals surface area contributed by atoms with Crippen LogP contribution in [0.1, 0.15) is 12.0 Å². The van der Waals surface area contributed by atoms with Crippen molar-refractivity contribution in [3.63, 3.8) is 0 Å². The minimum absolute atomic E-state index is 0.137. The highest BCUT2D eigenvalue weighted by Gasteiger charge is 2.11. The van der Waals surface area contributed by atoms with Gasteiger partial charge in [-0.15, -0.1) is 0 Å². The highest BCUT2D eigenvalue weighted by molar-refractivity contribution is 7.90. The van der Waals surface area contributed by atoms with E-state index < -0.39 is 9.84 Å². The van der Waals surface area contributed by atoms with Crippen LogP contribution in [-0.4, -0.2) is 46.6 Å². The molecule has 0 fully saturated rings. The number of hydrogen-bond donors (Lipinski definition) is 1. The number of anilines is 1. The third-order valence-corrected chi connectivity index (χ3v) is 3.99. The molecule has 0 aromatic carbocycles. The average molecular weight is 304 g/mol. The highest BCUT2D eigenvalue weighted by Crippen LogP contribution is 2.21. The van der Waals surface area contributed by atoms with E-state index >= 15 is 0 Å². The van der Waals surface area contributed by atoms with Crippen LogP contribution in [-0.2, 0) is 9.84 Å². The minimum atomic E-state index is -2.94. The second-order valence-corrected chi connectivity index (χ2v) is 6.88. The molecular weight excluding hydrogens is 290 g/mol. The predicted molar refractivity (Wildman–Crippen MR) is 73.3 cm³/mol. The third kappa shape index (κ3) is 3.32. The first-order chi connectivity index (χ1) is 8.88. The number of hydrogen-bond acceptors (Lipinski definition) is 6. The maximum atomic E-state index is 11.0. The van der Waals surface area contributed by atoms with E-state index in [1.165, 1.54) is 12.6 Å². The van der Waals surface area contributed by atoms with Gasteiger partial charge < -0.3 is 5.32 Å².